The molecule has 0 N–H and O–H groups in total. The van der Waals surface area contributed by atoms with E-state index >= 15 is 0 Å². The number of benzene rings is 4. The van der Waals surface area contributed by atoms with Crippen LogP contribution < -0.4 is 14.2 Å². The topological polar surface area (TPSA) is 61.8 Å². The van der Waals surface area contributed by atoms with E-state index < -0.39 is 11.9 Å². The number of esters is 2. The minimum atomic E-state index is -0.476. The first-order chi connectivity index (χ1) is 15.2. The van der Waals surface area contributed by atoms with Crippen LogP contribution in [0.2, 0.25) is 0 Å². The lowest BCUT2D eigenvalue weighted by molar-refractivity contribution is 0.0725. The van der Waals surface area contributed by atoms with Gasteiger partial charge in [-0.25, -0.2) is 9.59 Å². The maximum atomic E-state index is 12.4. The lowest BCUT2D eigenvalue weighted by atomic mass is 10.2. The minimum Gasteiger partial charge on any atom is -0.457 e. The highest BCUT2D eigenvalue weighted by Crippen LogP contribution is 2.24. The molecule has 4 rings (SSSR count). The van der Waals surface area contributed by atoms with Gasteiger partial charge < -0.3 is 14.2 Å². The highest BCUT2D eigenvalue weighted by atomic mass is 16.5. The molecule has 0 fully saturated rings. The van der Waals surface area contributed by atoms with Crippen LogP contribution in [0.15, 0.2) is 109 Å². The van der Waals surface area contributed by atoms with Gasteiger partial charge in [0.05, 0.1) is 11.1 Å². The van der Waals surface area contributed by atoms with Gasteiger partial charge in [-0.2, -0.15) is 0 Å². The van der Waals surface area contributed by atoms with Crippen molar-refractivity contribution < 1.29 is 23.8 Å². The third-order valence-corrected chi connectivity index (χ3v) is 4.30. The van der Waals surface area contributed by atoms with Crippen molar-refractivity contribution in [1.29, 1.82) is 0 Å². The Morgan fingerprint density at radius 1 is 0.452 bits per heavy atom. The molecular weight excluding hydrogens is 392 g/mol. The Morgan fingerprint density at radius 3 is 1.55 bits per heavy atom. The van der Waals surface area contributed by atoms with E-state index in [0.717, 1.165) is 0 Å². The second kappa shape index (κ2) is 9.41. The van der Waals surface area contributed by atoms with Gasteiger partial charge in [0.25, 0.3) is 0 Å². The van der Waals surface area contributed by atoms with E-state index in [2.05, 4.69) is 0 Å². The number of ether oxygens (including phenoxy) is 3. The highest BCUT2D eigenvalue weighted by molar-refractivity contribution is 5.92. The van der Waals surface area contributed by atoms with E-state index in [-0.39, 0.29) is 0 Å². The van der Waals surface area contributed by atoms with Crippen LogP contribution in [-0.4, -0.2) is 11.9 Å². The lowest BCUT2D eigenvalue weighted by Crippen LogP contribution is -2.08. The van der Waals surface area contributed by atoms with Crippen LogP contribution in [0.5, 0.6) is 23.0 Å². The van der Waals surface area contributed by atoms with Crippen LogP contribution in [0.25, 0.3) is 0 Å². The monoisotopic (exact) mass is 410 g/mol. The predicted octanol–water partition coefficient (Wildman–Crippen LogP) is 5.92. The molecule has 0 bridgehead atoms. The van der Waals surface area contributed by atoms with Gasteiger partial charge in [-0.15, -0.1) is 0 Å². The largest absolute Gasteiger partial charge is 0.457 e. The standard InChI is InChI=1S/C26H18O5/c27-25(30-21-9-3-1-4-10-21)19-14-16-23(17-15-19)29-24-13-7-8-20(18-24)26(28)31-22-11-5-2-6-12-22/h1-18H. The highest BCUT2D eigenvalue weighted by Gasteiger charge is 2.11. The van der Waals surface area contributed by atoms with Crippen LogP contribution in [0.4, 0.5) is 0 Å². The summed E-state index contributed by atoms with van der Waals surface area (Å²) in [6, 6.07) is 31.0. The zero-order valence-corrected chi connectivity index (χ0v) is 16.4. The van der Waals surface area contributed by atoms with Gasteiger partial charge in [0.1, 0.15) is 23.0 Å². The van der Waals surface area contributed by atoms with Crippen LogP contribution in [0, 0.1) is 0 Å². The van der Waals surface area contributed by atoms with Crippen molar-refractivity contribution in [1.82, 2.24) is 0 Å². The first-order valence-corrected chi connectivity index (χ1v) is 9.60. The Balaban J connectivity index is 1.40. The number of rotatable bonds is 6. The molecule has 4 aromatic rings. The Hall–Kier alpha value is -4.38. The first kappa shape index (κ1) is 19.9. The van der Waals surface area contributed by atoms with E-state index in [4.69, 9.17) is 14.2 Å². The molecule has 0 unspecified atom stereocenters. The molecule has 31 heavy (non-hydrogen) atoms. The SMILES string of the molecule is O=C(Oc1ccccc1)c1ccc(Oc2cccc(C(=O)Oc3ccccc3)c2)cc1. The maximum absolute atomic E-state index is 12.4. The number of hydrogen-bond acceptors (Lipinski definition) is 5. The molecule has 0 radical (unpaired) electrons. The molecule has 0 aromatic heterocycles. The van der Waals surface area contributed by atoms with Gasteiger partial charge >= 0.3 is 11.9 Å². The van der Waals surface area contributed by atoms with Crippen molar-refractivity contribution in [3.05, 3.63) is 120 Å². The third kappa shape index (κ3) is 5.36. The first-order valence-electron chi connectivity index (χ1n) is 9.60. The van der Waals surface area contributed by atoms with Crippen LogP contribution in [0.3, 0.4) is 0 Å². The zero-order valence-electron chi connectivity index (χ0n) is 16.4. The lowest BCUT2D eigenvalue weighted by Gasteiger charge is -2.09. The molecule has 0 aliphatic rings. The quantitative estimate of drug-likeness (QED) is 0.292. The Morgan fingerprint density at radius 2 is 0.968 bits per heavy atom. The van der Waals surface area contributed by atoms with Crippen LogP contribution in [-0.2, 0) is 0 Å². The Labute approximate surface area is 179 Å². The molecule has 0 heterocycles. The smallest absolute Gasteiger partial charge is 0.343 e. The molecule has 4 aromatic carbocycles. The summed E-state index contributed by atoms with van der Waals surface area (Å²) in [4.78, 5) is 24.6. The Kier molecular flexibility index (Phi) is 6.05. The number of para-hydroxylation sites is 2. The summed E-state index contributed by atoms with van der Waals surface area (Å²) in [6.07, 6.45) is 0. The molecule has 0 aliphatic carbocycles. The summed E-state index contributed by atoms with van der Waals surface area (Å²) in [7, 11) is 0. The van der Waals surface area contributed by atoms with Gasteiger partial charge in [-0.1, -0.05) is 42.5 Å². The molecule has 0 atom stereocenters. The molecule has 0 aliphatic heterocycles. The van der Waals surface area contributed by atoms with Gasteiger partial charge in [0, 0.05) is 0 Å². The van der Waals surface area contributed by atoms with Crippen molar-refractivity contribution in [3.8, 4) is 23.0 Å². The molecule has 152 valence electrons. The average molecular weight is 410 g/mol. The van der Waals surface area contributed by atoms with Crippen molar-refractivity contribution in [3.63, 3.8) is 0 Å². The van der Waals surface area contributed by atoms with Crippen LogP contribution in [0.1, 0.15) is 20.7 Å². The van der Waals surface area contributed by atoms with Gasteiger partial charge in [0.15, 0.2) is 0 Å². The average Bonchev–Trinajstić information content (AvgIpc) is 2.81. The fraction of sp³-hybridized carbons (Fsp3) is 0. The number of hydrogen-bond donors (Lipinski definition) is 0. The fourth-order valence-electron chi connectivity index (χ4n) is 2.79. The van der Waals surface area contributed by atoms with Crippen LogP contribution >= 0.6 is 0 Å². The summed E-state index contributed by atoms with van der Waals surface area (Å²) < 4.78 is 16.5. The zero-order chi connectivity index (χ0) is 21.5. The summed E-state index contributed by atoms with van der Waals surface area (Å²) in [5.41, 5.74) is 0.765. The minimum absolute atomic E-state index is 0.365. The number of carbonyl (C=O) groups is 2. The summed E-state index contributed by atoms with van der Waals surface area (Å²) >= 11 is 0. The maximum Gasteiger partial charge on any atom is 0.343 e. The molecule has 0 amide bonds. The van der Waals surface area contributed by atoms with E-state index in [9.17, 15) is 9.59 Å². The second-order valence-electron chi connectivity index (χ2n) is 6.56. The van der Waals surface area contributed by atoms with Gasteiger partial charge in [-0.3, -0.25) is 0 Å². The van der Waals surface area contributed by atoms with Crippen molar-refractivity contribution >= 4 is 11.9 Å². The fourth-order valence-corrected chi connectivity index (χ4v) is 2.79. The molecular formula is C26H18O5. The summed E-state index contributed by atoms with van der Waals surface area (Å²) in [6.45, 7) is 0. The van der Waals surface area contributed by atoms with E-state index in [1.54, 1.807) is 97.1 Å². The van der Waals surface area contributed by atoms with Crippen molar-refractivity contribution in [2.75, 3.05) is 0 Å². The Bertz CT molecular complexity index is 1170. The second-order valence-corrected chi connectivity index (χ2v) is 6.56. The van der Waals surface area contributed by atoms with E-state index in [0.29, 0.717) is 34.1 Å². The van der Waals surface area contributed by atoms with Gasteiger partial charge in [0.2, 0.25) is 0 Å². The van der Waals surface area contributed by atoms with E-state index in [1.807, 2.05) is 12.1 Å². The summed E-state index contributed by atoms with van der Waals surface area (Å²) in [5, 5.41) is 0. The normalized spacial score (nSPS) is 10.2. The third-order valence-electron chi connectivity index (χ3n) is 4.30. The molecule has 5 nitrogen and oxygen atoms in total. The number of carbonyl (C=O) groups excluding carboxylic acids is 2. The molecule has 5 heteroatoms. The van der Waals surface area contributed by atoms with Gasteiger partial charge in [-0.05, 0) is 66.7 Å². The molecule has 0 saturated heterocycles. The molecule has 0 spiro atoms. The molecule has 0 saturated carbocycles. The van der Waals surface area contributed by atoms with Crippen molar-refractivity contribution in [2.45, 2.75) is 0 Å². The predicted molar refractivity (Wildman–Crippen MR) is 116 cm³/mol. The van der Waals surface area contributed by atoms with Crippen molar-refractivity contribution in [2.24, 2.45) is 0 Å². The van der Waals surface area contributed by atoms with E-state index in [1.165, 1.54) is 0 Å². The summed E-state index contributed by atoms with van der Waals surface area (Å²) in [5.74, 6) is 1.01.